The fourth-order valence-corrected chi connectivity index (χ4v) is 4.27. The second-order valence-electron chi connectivity index (χ2n) is 11.5. The van der Waals surface area contributed by atoms with Crippen molar-refractivity contribution in [1.82, 2.24) is 0 Å². The normalized spacial score (nSPS) is 15.4. The van der Waals surface area contributed by atoms with Crippen LogP contribution in [0.3, 0.4) is 0 Å². The molecule has 1 unspecified atom stereocenters. The van der Waals surface area contributed by atoms with Crippen LogP contribution < -0.4 is 9.47 Å². The fraction of sp³-hybridized carbons (Fsp3) is 0.533. The Kier molecular flexibility index (Phi) is 8.83. The Morgan fingerprint density at radius 1 is 0.944 bits per heavy atom. The first kappa shape index (κ1) is 27.7. The number of hydrogen-bond acceptors (Lipinski definition) is 6. The second-order valence-corrected chi connectivity index (χ2v) is 11.5. The van der Waals surface area contributed by atoms with Crippen LogP contribution in [0.4, 0.5) is 0 Å². The van der Waals surface area contributed by atoms with Gasteiger partial charge in [0.05, 0.1) is 0 Å². The molecular weight excluding hydrogens is 456 g/mol. The van der Waals surface area contributed by atoms with Crippen molar-refractivity contribution in [3.8, 4) is 11.5 Å². The van der Waals surface area contributed by atoms with E-state index in [0.29, 0.717) is 30.8 Å². The lowest BCUT2D eigenvalue weighted by Gasteiger charge is -2.27. The van der Waals surface area contributed by atoms with Gasteiger partial charge in [0.25, 0.3) is 0 Å². The van der Waals surface area contributed by atoms with E-state index in [2.05, 4.69) is 53.7 Å². The Labute approximate surface area is 215 Å². The molecule has 0 saturated heterocycles. The molecule has 0 spiro atoms. The molecule has 2 aromatic carbocycles. The molecule has 0 radical (unpaired) electrons. The Balaban J connectivity index is 1.68. The number of hydrogen-bond donors (Lipinski definition) is 1. The van der Waals surface area contributed by atoms with Crippen molar-refractivity contribution in [3.63, 3.8) is 0 Å². The van der Waals surface area contributed by atoms with Gasteiger partial charge in [-0.15, -0.1) is 0 Å². The highest BCUT2D eigenvalue weighted by Crippen LogP contribution is 2.47. The molecule has 3 rings (SSSR count). The summed E-state index contributed by atoms with van der Waals surface area (Å²) in [7, 11) is 0. The van der Waals surface area contributed by atoms with Crippen LogP contribution in [0.15, 0.2) is 36.4 Å². The van der Waals surface area contributed by atoms with Gasteiger partial charge in [-0.1, -0.05) is 72.2 Å². The maximum Gasteiger partial charge on any atom is 0.323 e. The predicted molar refractivity (Wildman–Crippen MR) is 140 cm³/mol. The molecule has 0 aromatic heterocycles. The van der Waals surface area contributed by atoms with Crippen molar-refractivity contribution in [3.05, 3.63) is 58.7 Å². The Morgan fingerprint density at radius 2 is 1.64 bits per heavy atom. The molecule has 0 aliphatic carbocycles. The standard InChI is InChI=1S/C30H40O6/c1-29(2,3)21-18-23-26(28(33)36-27(23)24(19-21)30(4,5)6)20-11-13-22(14-12-20)34-16-17-35-25(32)10-8-7-9-15-31/h11-14,18-19,26,31H,7-10,15-17H2,1-6H3. The molecule has 0 bridgehead atoms. The number of ether oxygens (including phenoxy) is 3. The third kappa shape index (κ3) is 6.88. The van der Waals surface area contributed by atoms with Crippen molar-refractivity contribution < 1.29 is 28.9 Å². The number of unbranched alkanes of at least 4 members (excludes halogenated alkanes) is 2. The zero-order valence-electron chi connectivity index (χ0n) is 22.5. The number of aliphatic hydroxyl groups is 1. The minimum atomic E-state index is -0.482. The smallest absolute Gasteiger partial charge is 0.323 e. The Bertz CT molecular complexity index is 1060. The van der Waals surface area contributed by atoms with E-state index in [1.54, 1.807) is 0 Å². The highest BCUT2D eigenvalue weighted by Gasteiger charge is 2.39. The van der Waals surface area contributed by atoms with Crippen molar-refractivity contribution in [2.45, 2.75) is 84.0 Å². The topological polar surface area (TPSA) is 82.1 Å². The quantitative estimate of drug-likeness (QED) is 0.254. The molecule has 196 valence electrons. The van der Waals surface area contributed by atoms with Crippen LogP contribution in [0.1, 0.15) is 95.4 Å². The molecular formula is C30H40O6. The maximum atomic E-state index is 13.0. The summed E-state index contributed by atoms with van der Waals surface area (Å²) in [5, 5.41) is 8.77. The first-order valence-electron chi connectivity index (χ1n) is 12.8. The van der Waals surface area contributed by atoms with Crippen LogP contribution >= 0.6 is 0 Å². The average molecular weight is 497 g/mol. The predicted octanol–water partition coefficient (Wildman–Crippen LogP) is 5.81. The summed E-state index contributed by atoms with van der Waals surface area (Å²) in [4.78, 5) is 24.8. The summed E-state index contributed by atoms with van der Waals surface area (Å²) < 4.78 is 16.7. The lowest BCUT2D eigenvalue weighted by Crippen LogP contribution is -2.17. The summed E-state index contributed by atoms with van der Waals surface area (Å²) in [6.07, 6.45) is 2.57. The number of esters is 2. The van der Waals surface area contributed by atoms with Gasteiger partial charge in [0.2, 0.25) is 0 Å². The lowest BCUT2D eigenvalue weighted by molar-refractivity contribution is -0.144. The summed E-state index contributed by atoms with van der Waals surface area (Å²) in [6, 6.07) is 11.7. The molecule has 1 aliphatic rings. The molecule has 1 heterocycles. The van der Waals surface area contributed by atoms with Gasteiger partial charge in [-0.2, -0.15) is 0 Å². The van der Waals surface area contributed by atoms with Gasteiger partial charge < -0.3 is 19.3 Å². The number of aliphatic hydroxyl groups excluding tert-OH is 1. The van der Waals surface area contributed by atoms with E-state index >= 15 is 0 Å². The number of rotatable bonds is 10. The number of carbonyl (C=O) groups excluding carboxylic acids is 2. The molecule has 1 atom stereocenters. The third-order valence-electron chi connectivity index (χ3n) is 6.41. The van der Waals surface area contributed by atoms with Crippen molar-refractivity contribution in [2.75, 3.05) is 19.8 Å². The van der Waals surface area contributed by atoms with E-state index in [1.165, 1.54) is 5.56 Å². The molecule has 1 aliphatic heterocycles. The summed E-state index contributed by atoms with van der Waals surface area (Å²) in [6.45, 7) is 13.5. The zero-order chi connectivity index (χ0) is 26.5. The largest absolute Gasteiger partial charge is 0.490 e. The highest BCUT2D eigenvalue weighted by atomic mass is 16.6. The SMILES string of the molecule is CC(C)(C)c1cc2c(c(C(C)(C)C)c1)OC(=O)C2c1ccc(OCCOC(=O)CCCCCO)cc1. The molecule has 6 nitrogen and oxygen atoms in total. The number of benzene rings is 2. The molecule has 6 heteroatoms. The van der Waals surface area contributed by atoms with E-state index in [0.717, 1.165) is 23.1 Å². The molecule has 0 saturated carbocycles. The summed E-state index contributed by atoms with van der Waals surface area (Å²) >= 11 is 0. The van der Waals surface area contributed by atoms with Crippen molar-refractivity contribution >= 4 is 11.9 Å². The van der Waals surface area contributed by atoms with Crippen molar-refractivity contribution in [1.29, 1.82) is 0 Å². The van der Waals surface area contributed by atoms with Gasteiger partial charge in [0.15, 0.2) is 0 Å². The van der Waals surface area contributed by atoms with Crippen LogP contribution in [0.2, 0.25) is 0 Å². The first-order valence-corrected chi connectivity index (χ1v) is 12.8. The van der Waals surface area contributed by atoms with Gasteiger partial charge in [-0.3, -0.25) is 9.59 Å². The van der Waals surface area contributed by atoms with Gasteiger partial charge in [-0.25, -0.2) is 0 Å². The minimum Gasteiger partial charge on any atom is -0.490 e. The number of fused-ring (bicyclic) bond motifs is 1. The molecule has 0 amide bonds. The molecule has 1 N–H and O–H groups in total. The van der Waals surface area contributed by atoms with Crippen LogP contribution in [0.5, 0.6) is 11.5 Å². The van der Waals surface area contributed by atoms with Gasteiger partial charge in [0.1, 0.15) is 30.6 Å². The maximum absolute atomic E-state index is 13.0. The Hall–Kier alpha value is -2.86. The summed E-state index contributed by atoms with van der Waals surface area (Å²) in [5.74, 6) is 0.326. The van der Waals surface area contributed by atoms with E-state index < -0.39 is 5.92 Å². The third-order valence-corrected chi connectivity index (χ3v) is 6.41. The average Bonchev–Trinajstić information content (AvgIpc) is 3.13. The molecule has 0 fully saturated rings. The van der Waals surface area contributed by atoms with Gasteiger partial charge in [-0.05, 0) is 46.9 Å². The van der Waals surface area contributed by atoms with Crippen LogP contribution in [0.25, 0.3) is 0 Å². The monoisotopic (exact) mass is 496 g/mol. The summed E-state index contributed by atoms with van der Waals surface area (Å²) in [5.41, 5.74) is 3.76. The lowest BCUT2D eigenvalue weighted by atomic mass is 9.77. The minimum absolute atomic E-state index is 0.0637. The molecule has 36 heavy (non-hydrogen) atoms. The van der Waals surface area contributed by atoms with Crippen molar-refractivity contribution in [2.24, 2.45) is 0 Å². The van der Waals surface area contributed by atoms with Gasteiger partial charge in [0, 0.05) is 24.2 Å². The number of carbonyl (C=O) groups is 2. The van der Waals surface area contributed by atoms with E-state index in [-0.39, 0.29) is 42.6 Å². The van der Waals surface area contributed by atoms with Crippen LogP contribution in [-0.2, 0) is 25.2 Å². The zero-order valence-corrected chi connectivity index (χ0v) is 22.5. The van der Waals surface area contributed by atoms with Crippen LogP contribution in [-0.4, -0.2) is 36.9 Å². The van der Waals surface area contributed by atoms with Crippen LogP contribution in [0, 0.1) is 0 Å². The van der Waals surface area contributed by atoms with E-state index in [4.69, 9.17) is 19.3 Å². The van der Waals surface area contributed by atoms with E-state index in [1.807, 2.05) is 24.3 Å². The molecule has 2 aromatic rings. The Morgan fingerprint density at radius 3 is 2.25 bits per heavy atom. The second kappa shape index (κ2) is 11.5. The van der Waals surface area contributed by atoms with Gasteiger partial charge >= 0.3 is 11.9 Å². The highest BCUT2D eigenvalue weighted by molar-refractivity contribution is 5.90. The van der Waals surface area contributed by atoms with E-state index in [9.17, 15) is 9.59 Å². The first-order chi connectivity index (χ1) is 16.9. The fourth-order valence-electron chi connectivity index (χ4n) is 4.27.